The predicted octanol–water partition coefficient (Wildman–Crippen LogP) is 4.46. The second-order valence-electron chi connectivity index (χ2n) is 7.07. The van der Waals surface area contributed by atoms with Crippen molar-refractivity contribution in [1.29, 1.82) is 0 Å². The number of amides is 1. The Hall–Kier alpha value is -2.20. The number of anilines is 1. The third-order valence-corrected chi connectivity index (χ3v) is 5.28. The molecule has 1 fully saturated rings. The van der Waals surface area contributed by atoms with Gasteiger partial charge < -0.3 is 14.5 Å². The number of carbonyl (C=O) groups is 1. The summed E-state index contributed by atoms with van der Waals surface area (Å²) in [7, 11) is 0. The Bertz CT molecular complexity index is 783. The highest BCUT2D eigenvalue weighted by Gasteiger charge is 2.28. The molecule has 1 atom stereocenters. The highest BCUT2D eigenvalue weighted by molar-refractivity contribution is 6.30. The topological polar surface area (TPSA) is 32.8 Å². The molecule has 2 aromatic rings. The second kappa shape index (κ2) is 8.66. The van der Waals surface area contributed by atoms with Crippen LogP contribution in [0.25, 0.3) is 0 Å². The van der Waals surface area contributed by atoms with Crippen molar-refractivity contribution in [3.63, 3.8) is 0 Å². The van der Waals surface area contributed by atoms with Crippen molar-refractivity contribution < 1.29 is 9.53 Å². The number of ether oxygens (including phenoxy) is 1. The molecule has 1 amide bonds. The van der Waals surface area contributed by atoms with Gasteiger partial charge in [-0.3, -0.25) is 4.79 Å². The molecule has 0 bridgehead atoms. The minimum Gasteiger partial charge on any atom is -0.481 e. The molecule has 27 heavy (non-hydrogen) atoms. The molecule has 0 aromatic heterocycles. The van der Waals surface area contributed by atoms with Gasteiger partial charge >= 0.3 is 0 Å². The zero-order valence-electron chi connectivity index (χ0n) is 16.2. The Morgan fingerprint density at radius 1 is 1.07 bits per heavy atom. The van der Waals surface area contributed by atoms with Crippen LogP contribution in [0.5, 0.6) is 5.75 Å². The van der Waals surface area contributed by atoms with Crippen molar-refractivity contribution in [3.8, 4) is 5.75 Å². The van der Waals surface area contributed by atoms with E-state index in [4.69, 9.17) is 16.3 Å². The van der Waals surface area contributed by atoms with Crippen molar-refractivity contribution in [3.05, 3.63) is 58.6 Å². The normalized spacial score (nSPS) is 15.6. The van der Waals surface area contributed by atoms with Gasteiger partial charge in [0, 0.05) is 36.9 Å². The summed E-state index contributed by atoms with van der Waals surface area (Å²) >= 11 is 6.15. The van der Waals surface area contributed by atoms with E-state index in [1.165, 1.54) is 11.1 Å². The molecule has 5 heteroatoms. The first-order chi connectivity index (χ1) is 13.0. The number of piperazine rings is 1. The van der Waals surface area contributed by atoms with Crippen LogP contribution in [-0.2, 0) is 4.79 Å². The van der Waals surface area contributed by atoms with E-state index in [-0.39, 0.29) is 5.91 Å². The maximum absolute atomic E-state index is 12.9. The third kappa shape index (κ3) is 4.75. The lowest BCUT2D eigenvalue weighted by molar-refractivity contribution is -0.139. The largest absolute Gasteiger partial charge is 0.481 e. The molecular formula is C22H27ClN2O2. The Labute approximate surface area is 166 Å². The molecule has 2 aromatic carbocycles. The molecule has 1 aliphatic heterocycles. The lowest BCUT2D eigenvalue weighted by Gasteiger charge is -2.38. The number of halogens is 1. The molecule has 0 radical (unpaired) electrons. The molecule has 144 valence electrons. The molecule has 0 N–H and O–H groups in total. The monoisotopic (exact) mass is 386 g/mol. The fraction of sp³-hybridized carbons (Fsp3) is 0.409. The number of hydrogen-bond acceptors (Lipinski definition) is 3. The fourth-order valence-electron chi connectivity index (χ4n) is 3.38. The molecule has 1 heterocycles. The van der Waals surface area contributed by atoms with Gasteiger partial charge in [-0.25, -0.2) is 0 Å². The predicted molar refractivity (Wildman–Crippen MR) is 111 cm³/mol. The van der Waals surface area contributed by atoms with Crippen LogP contribution in [0.2, 0.25) is 5.02 Å². The van der Waals surface area contributed by atoms with Gasteiger partial charge in [0.05, 0.1) is 0 Å². The van der Waals surface area contributed by atoms with Crippen LogP contribution in [0.1, 0.15) is 24.5 Å². The van der Waals surface area contributed by atoms with E-state index < -0.39 is 6.10 Å². The third-order valence-electron chi connectivity index (χ3n) is 5.05. The average molecular weight is 387 g/mol. The van der Waals surface area contributed by atoms with Crippen LogP contribution in [0, 0.1) is 13.8 Å². The summed E-state index contributed by atoms with van der Waals surface area (Å²) in [5, 5.41) is 0.742. The lowest BCUT2D eigenvalue weighted by atomic mass is 10.1. The zero-order chi connectivity index (χ0) is 19.4. The number of benzene rings is 2. The number of carbonyl (C=O) groups excluding carboxylic acids is 1. The summed E-state index contributed by atoms with van der Waals surface area (Å²) in [6.45, 7) is 9.10. The fourth-order valence-corrected chi connectivity index (χ4v) is 3.55. The van der Waals surface area contributed by atoms with E-state index >= 15 is 0 Å². The average Bonchev–Trinajstić information content (AvgIpc) is 2.69. The van der Waals surface area contributed by atoms with Gasteiger partial charge in [-0.05, 0) is 50.1 Å². The van der Waals surface area contributed by atoms with Crippen LogP contribution >= 0.6 is 11.6 Å². The molecular weight excluding hydrogens is 360 g/mol. The number of rotatable bonds is 5. The minimum atomic E-state index is -0.438. The van der Waals surface area contributed by atoms with Gasteiger partial charge in [0.25, 0.3) is 5.91 Å². The van der Waals surface area contributed by atoms with Gasteiger partial charge in [0.2, 0.25) is 0 Å². The van der Waals surface area contributed by atoms with Crippen LogP contribution in [-0.4, -0.2) is 43.1 Å². The summed E-state index contributed by atoms with van der Waals surface area (Å²) in [4.78, 5) is 17.1. The van der Waals surface area contributed by atoms with Crippen LogP contribution in [0.3, 0.4) is 0 Å². The van der Waals surface area contributed by atoms with Crippen molar-refractivity contribution in [2.45, 2.75) is 33.3 Å². The molecule has 1 saturated heterocycles. The van der Waals surface area contributed by atoms with E-state index in [9.17, 15) is 4.79 Å². The number of nitrogens with zero attached hydrogens (tertiary/aromatic N) is 2. The molecule has 4 nitrogen and oxygen atoms in total. The Balaban J connectivity index is 1.61. The Morgan fingerprint density at radius 3 is 2.37 bits per heavy atom. The van der Waals surface area contributed by atoms with E-state index in [1.807, 2.05) is 61.2 Å². The smallest absolute Gasteiger partial charge is 0.263 e. The van der Waals surface area contributed by atoms with Crippen LogP contribution in [0.15, 0.2) is 42.5 Å². The lowest BCUT2D eigenvalue weighted by Crippen LogP contribution is -2.52. The van der Waals surface area contributed by atoms with E-state index in [1.54, 1.807) is 0 Å². The quantitative estimate of drug-likeness (QED) is 0.760. The maximum atomic E-state index is 12.9. The van der Waals surface area contributed by atoms with E-state index in [2.05, 4.69) is 11.8 Å². The van der Waals surface area contributed by atoms with Crippen LogP contribution in [0.4, 0.5) is 5.69 Å². The van der Waals surface area contributed by atoms with Gasteiger partial charge in [0.15, 0.2) is 6.10 Å². The first kappa shape index (κ1) is 19.6. The number of aryl methyl sites for hydroxylation is 2. The summed E-state index contributed by atoms with van der Waals surface area (Å²) in [6.07, 6.45) is 0.215. The summed E-state index contributed by atoms with van der Waals surface area (Å²) in [6, 6.07) is 13.8. The Morgan fingerprint density at radius 2 is 1.74 bits per heavy atom. The summed E-state index contributed by atoms with van der Waals surface area (Å²) in [5.74, 6) is 0.814. The minimum absolute atomic E-state index is 0.0699. The van der Waals surface area contributed by atoms with Gasteiger partial charge in [-0.2, -0.15) is 0 Å². The molecule has 0 spiro atoms. The maximum Gasteiger partial charge on any atom is 0.263 e. The summed E-state index contributed by atoms with van der Waals surface area (Å²) < 4.78 is 5.96. The van der Waals surface area contributed by atoms with Gasteiger partial charge in [-0.15, -0.1) is 0 Å². The first-order valence-electron chi connectivity index (χ1n) is 9.51. The van der Waals surface area contributed by atoms with Crippen LogP contribution < -0.4 is 9.64 Å². The Kier molecular flexibility index (Phi) is 6.27. The second-order valence-corrected chi connectivity index (χ2v) is 7.51. The molecule has 0 unspecified atom stereocenters. The SMILES string of the molecule is CC[C@@H](Oc1ccc(C)cc1)C(=O)N1CCN(c2cc(Cl)ccc2C)CC1. The van der Waals surface area contributed by atoms with Gasteiger partial charge in [-0.1, -0.05) is 42.3 Å². The standard InChI is InChI=1S/C22H27ClN2O2/c1-4-21(27-19-9-5-16(2)6-10-19)22(26)25-13-11-24(12-14-25)20-15-18(23)8-7-17(20)3/h5-10,15,21H,4,11-14H2,1-3H3/t21-/m1/s1. The zero-order valence-corrected chi connectivity index (χ0v) is 17.0. The highest BCUT2D eigenvalue weighted by atomic mass is 35.5. The van der Waals surface area contributed by atoms with Crippen molar-refractivity contribution in [2.24, 2.45) is 0 Å². The molecule has 3 rings (SSSR count). The molecule has 1 aliphatic rings. The van der Waals surface area contributed by atoms with Crippen molar-refractivity contribution in [1.82, 2.24) is 4.90 Å². The van der Waals surface area contributed by atoms with E-state index in [0.717, 1.165) is 29.5 Å². The van der Waals surface area contributed by atoms with Crippen molar-refractivity contribution >= 4 is 23.2 Å². The first-order valence-corrected chi connectivity index (χ1v) is 9.89. The van der Waals surface area contributed by atoms with Gasteiger partial charge in [0.1, 0.15) is 5.75 Å². The summed E-state index contributed by atoms with van der Waals surface area (Å²) in [5.41, 5.74) is 3.53. The molecule has 0 saturated carbocycles. The highest BCUT2D eigenvalue weighted by Crippen LogP contribution is 2.25. The van der Waals surface area contributed by atoms with E-state index in [0.29, 0.717) is 19.5 Å². The van der Waals surface area contributed by atoms with Crippen molar-refractivity contribution in [2.75, 3.05) is 31.1 Å². The molecule has 0 aliphatic carbocycles. The number of hydrogen-bond donors (Lipinski definition) is 0.